The monoisotopic (exact) mass is 543 g/mol. The summed E-state index contributed by atoms with van der Waals surface area (Å²) in [7, 11) is 0. The maximum absolute atomic E-state index is 13.1. The van der Waals surface area contributed by atoms with Gasteiger partial charge < -0.3 is 42.7 Å². The molecule has 0 heterocycles. The van der Waals surface area contributed by atoms with E-state index in [4.69, 9.17) is 11.5 Å². The van der Waals surface area contributed by atoms with Crippen molar-refractivity contribution in [2.45, 2.75) is 63.2 Å². The van der Waals surface area contributed by atoms with Gasteiger partial charge in [0.1, 0.15) is 29.6 Å². The molecule has 0 aromatic heterocycles. The van der Waals surface area contributed by atoms with Crippen molar-refractivity contribution in [2.24, 2.45) is 11.5 Å². The third-order valence-corrected chi connectivity index (χ3v) is 6.05. The van der Waals surface area contributed by atoms with Crippen LogP contribution in [0.15, 0.2) is 48.5 Å². The number of phenolic OH excluding ortho intramolecular Hbond substituents is 2. The Morgan fingerprint density at radius 3 is 1.77 bits per heavy atom. The van der Waals surface area contributed by atoms with E-state index in [-0.39, 0.29) is 30.8 Å². The van der Waals surface area contributed by atoms with Gasteiger partial charge in [0.2, 0.25) is 17.7 Å². The van der Waals surface area contributed by atoms with Gasteiger partial charge in [-0.2, -0.15) is 0 Å². The third kappa shape index (κ3) is 10.6. The van der Waals surface area contributed by atoms with Crippen molar-refractivity contribution in [1.82, 2.24) is 16.0 Å². The topological polar surface area (TPSA) is 217 Å². The Morgan fingerprint density at radius 2 is 1.26 bits per heavy atom. The van der Waals surface area contributed by atoms with E-state index in [1.165, 1.54) is 31.2 Å². The fourth-order valence-corrected chi connectivity index (χ4v) is 3.76. The number of carbonyl (C=O) groups excluding carboxylic acids is 3. The van der Waals surface area contributed by atoms with E-state index in [2.05, 4.69) is 16.0 Å². The van der Waals surface area contributed by atoms with Crippen LogP contribution in [0.4, 0.5) is 0 Å². The predicted molar refractivity (Wildman–Crippen MR) is 144 cm³/mol. The molecular formula is C27H37N5O7. The van der Waals surface area contributed by atoms with Crippen LogP contribution in [0, 0.1) is 0 Å². The SMILES string of the molecule is CC(NC(=O)C(N)Cc1ccc(O)cc1)C(=O)NC(Cc1ccc(O)cc1)C(=O)NC(CCCCN)C(=O)O. The Hall–Kier alpha value is -4.16. The molecule has 0 saturated heterocycles. The lowest BCUT2D eigenvalue weighted by Gasteiger charge is -2.24. The van der Waals surface area contributed by atoms with Crippen molar-refractivity contribution in [1.29, 1.82) is 0 Å². The molecule has 12 heteroatoms. The fraction of sp³-hybridized carbons (Fsp3) is 0.407. The zero-order valence-electron chi connectivity index (χ0n) is 21.8. The number of hydrogen-bond acceptors (Lipinski definition) is 8. The van der Waals surface area contributed by atoms with Crippen LogP contribution in [0.3, 0.4) is 0 Å². The molecule has 2 aromatic carbocycles. The molecule has 4 atom stereocenters. The summed E-state index contributed by atoms with van der Waals surface area (Å²) in [5, 5.41) is 36.1. The van der Waals surface area contributed by atoms with Gasteiger partial charge in [0, 0.05) is 6.42 Å². The molecule has 39 heavy (non-hydrogen) atoms. The first-order chi connectivity index (χ1) is 18.5. The minimum Gasteiger partial charge on any atom is -0.508 e. The summed E-state index contributed by atoms with van der Waals surface area (Å²) >= 11 is 0. The molecule has 0 aliphatic heterocycles. The molecule has 10 N–H and O–H groups in total. The maximum atomic E-state index is 13.1. The van der Waals surface area contributed by atoms with Crippen LogP contribution in [-0.2, 0) is 32.0 Å². The van der Waals surface area contributed by atoms with Gasteiger partial charge in [-0.05, 0) is 74.5 Å². The summed E-state index contributed by atoms with van der Waals surface area (Å²) in [6, 6.07) is 7.86. The molecule has 2 aromatic rings. The highest BCUT2D eigenvalue weighted by Crippen LogP contribution is 2.13. The van der Waals surface area contributed by atoms with Gasteiger partial charge in [-0.3, -0.25) is 14.4 Å². The molecule has 0 bridgehead atoms. The second kappa shape index (κ2) is 15.3. The number of aromatic hydroxyl groups is 2. The van der Waals surface area contributed by atoms with E-state index in [0.29, 0.717) is 24.9 Å². The molecule has 4 unspecified atom stereocenters. The van der Waals surface area contributed by atoms with Crippen LogP contribution in [0.1, 0.15) is 37.3 Å². The van der Waals surface area contributed by atoms with Crippen LogP contribution in [0.25, 0.3) is 0 Å². The number of carbonyl (C=O) groups is 4. The smallest absolute Gasteiger partial charge is 0.326 e. The molecule has 0 aliphatic carbocycles. The fourth-order valence-electron chi connectivity index (χ4n) is 3.76. The Labute approximate surface area is 226 Å². The van der Waals surface area contributed by atoms with Gasteiger partial charge in [0.25, 0.3) is 0 Å². The van der Waals surface area contributed by atoms with Gasteiger partial charge in [-0.1, -0.05) is 24.3 Å². The Kier molecular flexibility index (Phi) is 12.2. The highest BCUT2D eigenvalue weighted by atomic mass is 16.4. The van der Waals surface area contributed by atoms with Gasteiger partial charge in [0.05, 0.1) is 6.04 Å². The highest BCUT2D eigenvalue weighted by molar-refractivity contribution is 5.94. The summed E-state index contributed by atoms with van der Waals surface area (Å²) in [4.78, 5) is 50.3. The normalized spacial score (nSPS) is 13.9. The van der Waals surface area contributed by atoms with Crippen LogP contribution >= 0.6 is 0 Å². The lowest BCUT2D eigenvalue weighted by atomic mass is 10.0. The quantitative estimate of drug-likeness (QED) is 0.140. The van der Waals surface area contributed by atoms with Crippen LogP contribution < -0.4 is 27.4 Å². The zero-order chi connectivity index (χ0) is 28.9. The molecule has 0 spiro atoms. The van der Waals surface area contributed by atoms with Gasteiger partial charge in [-0.15, -0.1) is 0 Å². The number of unbranched alkanes of at least 4 members (excludes halogenated alkanes) is 1. The minimum absolute atomic E-state index is 0.00796. The van der Waals surface area contributed by atoms with E-state index >= 15 is 0 Å². The first-order valence-corrected chi connectivity index (χ1v) is 12.7. The van der Waals surface area contributed by atoms with Crippen molar-refractivity contribution >= 4 is 23.7 Å². The first kappa shape index (κ1) is 31.1. The standard InChI is InChI=1S/C27H37N5O7/c1-16(30-25(36)21(29)14-17-5-9-19(33)10-6-17)24(35)32-23(15-18-7-11-20(34)12-8-18)26(37)31-22(27(38)39)4-2-3-13-28/h5-12,16,21-23,33-34H,2-4,13-15,28-29H2,1H3,(H,30,36)(H,31,37)(H,32,35)(H,38,39). The van der Waals surface area contributed by atoms with Crippen molar-refractivity contribution in [3.05, 3.63) is 59.7 Å². The molecule has 2 rings (SSSR count). The molecule has 0 saturated carbocycles. The minimum atomic E-state index is -1.21. The number of amides is 3. The molecule has 0 radical (unpaired) electrons. The number of hydrogen-bond donors (Lipinski definition) is 8. The van der Waals surface area contributed by atoms with E-state index < -0.39 is 47.9 Å². The molecule has 212 valence electrons. The Bertz CT molecular complexity index is 1110. The third-order valence-electron chi connectivity index (χ3n) is 6.05. The number of phenols is 2. The van der Waals surface area contributed by atoms with Crippen molar-refractivity contribution in [3.63, 3.8) is 0 Å². The van der Waals surface area contributed by atoms with E-state index in [1.807, 2.05) is 0 Å². The second-order valence-corrected chi connectivity index (χ2v) is 9.32. The average molecular weight is 544 g/mol. The van der Waals surface area contributed by atoms with Crippen LogP contribution in [-0.4, -0.2) is 69.7 Å². The van der Waals surface area contributed by atoms with Gasteiger partial charge >= 0.3 is 5.97 Å². The number of carboxylic acid groups (broad SMARTS) is 1. The average Bonchev–Trinajstić information content (AvgIpc) is 2.89. The summed E-state index contributed by atoms with van der Waals surface area (Å²) in [6.07, 6.45) is 1.44. The molecule has 3 amide bonds. The second-order valence-electron chi connectivity index (χ2n) is 9.32. The molecule has 0 aliphatic rings. The van der Waals surface area contributed by atoms with E-state index in [9.17, 15) is 34.5 Å². The van der Waals surface area contributed by atoms with Gasteiger partial charge in [0.15, 0.2) is 0 Å². The maximum Gasteiger partial charge on any atom is 0.326 e. The number of benzene rings is 2. The number of rotatable bonds is 15. The first-order valence-electron chi connectivity index (χ1n) is 12.7. The number of nitrogens with two attached hydrogens (primary N) is 2. The summed E-state index contributed by atoms with van der Waals surface area (Å²) in [5.41, 5.74) is 12.8. The summed E-state index contributed by atoms with van der Waals surface area (Å²) in [5.74, 6) is -3.07. The van der Waals surface area contributed by atoms with Crippen molar-refractivity contribution in [3.8, 4) is 11.5 Å². The van der Waals surface area contributed by atoms with E-state index in [1.54, 1.807) is 24.3 Å². The van der Waals surface area contributed by atoms with Crippen LogP contribution in [0.5, 0.6) is 11.5 Å². The zero-order valence-corrected chi connectivity index (χ0v) is 21.8. The molecule has 12 nitrogen and oxygen atoms in total. The Morgan fingerprint density at radius 1 is 0.744 bits per heavy atom. The number of nitrogens with one attached hydrogen (secondary N) is 3. The summed E-state index contributed by atoms with van der Waals surface area (Å²) < 4.78 is 0. The lowest BCUT2D eigenvalue weighted by molar-refractivity contribution is -0.142. The lowest BCUT2D eigenvalue weighted by Crippen LogP contribution is -2.57. The van der Waals surface area contributed by atoms with Crippen molar-refractivity contribution < 1.29 is 34.5 Å². The molecular weight excluding hydrogens is 506 g/mol. The molecule has 0 fully saturated rings. The van der Waals surface area contributed by atoms with Crippen molar-refractivity contribution in [2.75, 3.05) is 6.54 Å². The van der Waals surface area contributed by atoms with E-state index in [0.717, 1.165) is 5.56 Å². The largest absolute Gasteiger partial charge is 0.508 e. The Balaban J connectivity index is 2.07. The highest BCUT2D eigenvalue weighted by Gasteiger charge is 2.29. The van der Waals surface area contributed by atoms with Gasteiger partial charge in [-0.25, -0.2) is 4.79 Å². The predicted octanol–water partition coefficient (Wildman–Crippen LogP) is -0.102. The number of aliphatic carboxylic acids is 1. The van der Waals surface area contributed by atoms with Crippen LogP contribution in [0.2, 0.25) is 0 Å². The number of carboxylic acids is 1. The summed E-state index contributed by atoms with van der Waals surface area (Å²) in [6.45, 7) is 1.82.